The number of likely N-dealkylation sites (tertiary alicyclic amines) is 1. The third-order valence-corrected chi connectivity index (χ3v) is 4.13. The monoisotopic (exact) mass is 354 g/mol. The Hall–Kier alpha value is -3.29. The zero-order chi connectivity index (χ0) is 17.9. The summed E-state index contributed by atoms with van der Waals surface area (Å²) in [5, 5.41) is 3.95. The summed E-state index contributed by atoms with van der Waals surface area (Å²) in [6.45, 7) is 0.723. The Kier molecular flexibility index (Phi) is 4.30. The smallest absolute Gasteiger partial charge is 0.260 e. The van der Waals surface area contributed by atoms with Crippen LogP contribution >= 0.6 is 0 Å². The molecule has 4 rings (SSSR count). The maximum atomic E-state index is 13.5. The van der Waals surface area contributed by atoms with Gasteiger partial charge in [0, 0.05) is 31.0 Å². The molecule has 0 spiro atoms. The molecule has 8 heteroatoms. The van der Waals surface area contributed by atoms with E-state index in [9.17, 15) is 9.18 Å². The Bertz CT molecular complexity index is 910. The van der Waals surface area contributed by atoms with Gasteiger partial charge in [-0.25, -0.2) is 4.39 Å². The second-order valence-corrected chi connectivity index (χ2v) is 5.91. The Balaban J connectivity index is 1.31. The normalized spacial score (nSPS) is 14.1. The first-order valence-electron chi connectivity index (χ1n) is 8.10. The van der Waals surface area contributed by atoms with E-state index in [1.807, 2.05) is 6.07 Å². The fourth-order valence-corrected chi connectivity index (χ4v) is 2.64. The van der Waals surface area contributed by atoms with Crippen molar-refractivity contribution in [2.45, 2.75) is 5.92 Å². The molecule has 3 aromatic rings. The molecule has 7 nitrogen and oxygen atoms in total. The molecule has 0 bridgehead atoms. The lowest BCUT2D eigenvalue weighted by Gasteiger charge is -2.36. The topological polar surface area (TPSA) is 81.4 Å². The predicted octanol–water partition coefficient (Wildman–Crippen LogP) is 2.28. The van der Waals surface area contributed by atoms with E-state index < -0.39 is 5.82 Å². The molecule has 132 valence electrons. The maximum absolute atomic E-state index is 13.5. The quantitative estimate of drug-likeness (QED) is 0.699. The van der Waals surface area contributed by atoms with Crippen LogP contribution in [-0.4, -0.2) is 45.6 Å². The molecule has 0 radical (unpaired) electrons. The standard InChI is InChI=1S/C18H15FN4O3/c19-14-5-1-2-6-15(14)25-11-16(24)23-9-13(10-23)18-21-17(22-26-18)12-4-3-7-20-8-12/h1-8,13H,9-11H2. The van der Waals surface area contributed by atoms with Crippen LogP contribution in [-0.2, 0) is 4.79 Å². The first-order valence-corrected chi connectivity index (χ1v) is 8.10. The number of hydrogen-bond acceptors (Lipinski definition) is 6. The number of benzene rings is 1. The van der Waals surface area contributed by atoms with Crippen LogP contribution in [0.3, 0.4) is 0 Å². The highest BCUT2D eigenvalue weighted by molar-refractivity contribution is 5.78. The molecule has 26 heavy (non-hydrogen) atoms. The van der Waals surface area contributed by atoms with Crippen molar-refractivity contribution in [3.05, 3.63) is 60.5 Å². The van der Waals surface area contributed by atoms with Crippen LogP contribution in [0.1, 0.15) is 11.8 Å². The van der Waals surface area contributed by atoms with Crippen molar-refractivity contribution in [1.29, 1.82) is 0 Å². The van der Waals surface area contributed by atoms with E-state index in [1.54, 1.807) is 35.5 Å². The molecule has 0 unspecified atom stereocenters. The molecular formula is C18H15FN4O3. The van der Waals surface area contributed by atoms with Crippen LogP contribution < -0.4 is 4.74 Å². The minimum absolute atomic E-state index is 0.00895. The van der Waals surface area contributed by atoms with E-state index in [4.69, 9.17) is 9.26 Å². The number of carbonyl (C=O) groups excluding carboxylic acids is 1. The summed E-state index contributed by atoms with van der Waals surface area (Å²) in [6, 6.07) is 9.63. The third-order valence-electron chi connectivity index (χ3n) is 4.13. The van der Waals surface area contributed by atoms with Gasteiger partial charge in [0.1, 0.15) is 0 Å². The lowest BCUT2D eigenvalue weighted by atomic mass is 10.0. The summed E-state index contributed by atoms with van der Waals surface area (Å²) < 4.78 is 24.0. The number of aromatic nitrogens is 3. The minimum atomic E-state index is -0.490. The van der Waals surface area contributed by atoms with Crippen LogP contribution in [0.5, 0.6) is 5.75 Å². The molecule has 1 aliphatic heterocycles. The van der Waals surface area contributed by atoms with Crippen molar-refractivity contribution < 1.29 is 18.4 Å². The van der Waals surface area contributed by atoms with Gasteiger partial charge in [-0.05, 0) is 24.3 Å². The number of pyridine rings is 1. The second kappa shape index (κ2) is 6.91. The van der Waals surface area contributed by atoms with Gasteiger partial charge in [-0.2, -0.15) is 4.98 Å². The average Bonchev–Trinajstić information content (AvgIpc) is 3.10. The molecule has 2 aromatic heterocycles. The summed E-state index contributed by atoms with van der Waals surface area (Å²) >= 11 is 0. The van der Waals surface area contributed by atoms with Crippen LogP contribution in [0, 0.1) is 5.82 Å². The number of amides is 1. The van der Waals surface area contributed by atoms with Gasteiger partial charge < -0.3 is 14.2 Å². The Morgan fingerprint density at radius 3 is 2.88 bits per heavy atom. The summed E-state index contributed by atoms with van der Waals surface area (Å²) in [5.41, 5.74) is 0.771. The summed E-state index contributed by atoms with van der Waals surface area (Å²) in [7, 11) is 0. The van der Waals surface area contributed by atoms with E-state index in [0.29, 0.717) is 24.8 Å². The lowest BCUT2D eigenvalue weighted by molar-refractivity contribution is -0.138. The average molecular weight is 354 g/mol. The molecular weight excluding hydrogens is 339 g/mol. The van der Waals surface area contributed by atoms with Crippen molar-refractivity contribution >= 4 is 5.91 Å². The summed E-state index contributed by atoms with van der Waals surface area (Å²) in [4.78, 5) is 22.1. The van der Waals surface area contributed by atoms with Crippen LogP contribution in [0.25, 0.3) is 11.4 Å². The first kappa shape index (κ1) is 16.2. The summed E-state index contributed by atoms with van der Waals surface area (Å²) in [5.74, 6) is 0.317. The lowest BCUT2D eigenvalue weighted by Crippen LogP contribution is -2.50. The maximum Gasteiger partial charge on any atom is 0.260 e. The van der Waals surface area contributed by atoms with E-state index in [-0.39, 0.29) is 24.2 Å². The Morgan fingerprint density at radius 2 is 2.12 bits per heavy atom. The first-order chi connectivity index (χ1) is 12.7. The van der Waals surface area contributed by atoms with Crippen LogP contribution in [0.15, 0.2) is 53.3 Å². The molecule has 1 amide bonds. The highest BCUT2D eigenvalue weighted by Crippen LogP contribution is 2.27. The SMILES string of the molecule is O=C(COc1ccccc1F)N1CC(c2nc(-c3cccnc3)no2)C1. The van der Waals surface area contributed by atoms with E-state index in [0.717, 1.165) is 5.56 Å². The molecule has 3 heterocycles. The van der Waals surface area contributed by atoms with Gasteiger partial charge in [-0.1, -0.05) is 17.3 Å². The van der Waals surface area contributed by atoms with Gasteiger partial charge in [0.25, 0.3) is 5.91 Å². The van der Waals surface area contributed by atoms with Gasteiger partial charge >= 0.3 is 0 Å². The van der Waals surface area contributed by atoms with E-state index >= 15 is 0 Å². The molecule has 0 aliphatic carbocycles. The molecule has 1 saturated heterocycles. The Labute approximate surface area is 148 Å². The molecule has 1 aliphatic rings. The molecule has 0 atom stereocenters. The number of nitrogens with zero attached hydrogens (tertiary/aromatic N) is 4. The van der Waals surface area contributed by atoms with Crippen molar-refractivity contribution in [2.75, 3.05) is 19.7 Å². The van der Waals surface area contributed by atoms with Crippen molar-refractivity contribution in [1.82, 2.24) is 20.0 Å². The number of hydrogen-bond donors (Lipinski definition) is 0. The van der Waals surface area contributed by atoms with Gasteiger partial charge in [0.15, 0.2) is 18.2 Å². The molecule has 1 fully saturated rings. The number of rotatable bonds is 5. The fourth-order valence-electron chi connectivity index (χ4n) is 2.64. The van der Waals surface area contributed by atoms with Gasteiger partial charge in [0.05, 0.1) is 5.92 Å². The van der Waals surface area contributed by atoms with Crippen molar-refractivity contribution in [3.8, 4) is 17.1 Å². The number of ether oxygens (including phenoxy) is 1. The molecule has 1 aromatic carbocycles. The van der Waals surface area contributed by atoms with Crippen molar-refractivity contribution in [2.24, 2.45) is 0 Å². The highest BCUT2D eigenvalue weighted by atomic mass is 19.1. The summed E-state index contributed by atoms with van der Waals surface area (Å²) in [6.07, 6.45) is 3.33. The minimum Gasteiger partial charge on any atom is -0.481 e. The van der Waals surface area contributed by atoms with Gasteiger partial charge in [-0.15, -0.1) is 0 Å². The zero-order valence-corrected chi connectivity index (χ0v) is 13.7. The second-order valence-electron chi connectivity index (χ2n) is 5.91. The molecule has 0 saturated carbocycles. The van der Waals surface area contributed by atoms with Gasteiger partial charge in [0.2, 0.25) is 11.7 Å². The van der Waals surface area contributed by atoms with E-state index in [1.165, 1.54) is 12.1 Å². The van der Waals surface area contributed by atoms with Crippen LogP contribution in [0.4, 0.5) is 4.39 Å². The zero-order valence-electron chi connectivity index (χ0n) is 13.7. The van der Waals surface area contributed by atoms with E-state index in [2.05, 4.69) is 15.1 Å². The number of halogens is 1. The predicted molar refractivity (Wildman–Crippen MR) is 88.7 cm³/mol. The fraction of sp³-hybridized carbons (Fsp3) is 0.222. The largest absolute Gasteiger partial charge is 0.481 e. The van der Waals surface area contributed by atoms with Gasteiger partial charge in [-0.3, -0.25) is 9.78 Å². The third kappa shape index (κ3) is 3.26. The van der Waals surface area contributed by atoms with Crippen LogP contribution in [0.2, 0.25) is 0 Å². The Morgan fingerprint density at radius 1 is 1.27 bits per heavy atom. The molecule has 0 N–H and O–H groups in total. The van der Waals surface area contributed by atoms with Crippen molar-refractivity contribution in [3.63, 3.8) is 0 Å². The number of carbonyl (C=O) groups is 1. The highest BCUT2D eigenvalue weighted by Gasteiger charge is 2.35. The number of para-hydroxylation sites is 1.